The van der Waals surface area contributed by atoms with Crippen molar-refractivity contribution < 1.29 is 9.53 Å². The van der Waals surface area contributed by atoms with Crippen molar-refractivity contribution in [3.63, 3.8) is 0 Å². The zero-order valence-corrected chi connectivity index (χ0v) is 18.3. The minimum Gasteiger partial charge on any atom is -0.383 e. The van der Waals surface area contributed by atoms with Crippen LogP contribution in [0.15, 0.2) is 39.9 Å². The largest absolute Gasteiger partial charge is 0.383 e. The molecule has 0 radical (unpaired) electrons. The van der Waals surface area contributed by atoms with E-state index in [2.05, 4.69) is 4.98 Å². The van der Waals surface area contributed by atoms with E-state index in [1.165, 1.54) is 22.7 Å². The number of anilines is 2. The number of ether oxygens (including phenoxy) is 1. The van der Waals surface area contributed by atoms with Crippen LogP contribution in [0, 0.1) is 5.92 Å². The maximum absolute atomic E-state index is 13.1. The molecular weight excluding hydrogens is 408 g/mol. The number of carbonyl (C=O) groups excluding carboxylic acids is 1. The van der Waals surface area contributed by atoms with E-state index in [9.17, 15) is 14.4 Å². The van der Waals surface area contributed by atoms with Gasteiger partial charge >= 0.3 is 5.69 Å². The SMILES string of the molecule is COCCN(C(=O)/C=C(/C)c1ccccc1Cl)c1c(N)n(CC(C)C)c(=O)[nH]c1=O. The van der Waals surface area contributed by atoms with Gasteiger partial charge in [0.2, 0.25) is 0 Å². The Morgan fingerprint density at radius 1 is 1.33 bits per heavy atom. The monoisotopic (exact) mass is 434 g/mol. The van der Waals surface area contributed by atoms with Gasteiger partial charge in [-0.3, -0.25) is 24.0 Å². The number of nitrogens with two attached hydrogens (primary N) is 1. The lowest BCUT2D eigenvalue weighted by Gasteiger charge is -2.24. The maximum atomic E-state index is 13.1. The summed E-state index contributed by atoms with van der Waals surface area (Å²) >= 11 is 6.22. The smallest absolute Gasteiger partial charge is 0.330 e. The number of hydrogen-bond acceptors (Lipinski definition) is 5. The Hall–Kier alpha value is -2.84. The minimum absolute atomic E-state index is 0.0642. The number of hydrogen-bond donors (Lipinski definition) is 2. The molecule has 2 rings (SSSR count). The highest BCUT2D eigenvalue weighted by Gasteiger charge is 2.23. The second kappa shape index (κ2) is 10.3. The van der Waals surface area contributed by atoms with Crippen molar-refractivity contribution in [3.8, 4) is 0 Å². The van der Waals surface area contributed by atoms with Crippen LogP contribution < -0.4 is 21.9 Å². The molecule has 0 aliphatic carbocycles. The van der Waals surface area contributed by atoms with Crippen molar-refractivity contribution in [3.05, 3.63) is 61.8 Å². The molecule has 0 spiro atoms. The molecule has 9 heteroatoms. The van der Waals surface area contributed by atoms with Crippen LogP contribution >= 0.6 is 11.6 Å². The first-order valence-electron chi connectivity index (χ1n) is 9.53. The molecule has 0 aliphatic heterocycles. The molecule has 1 aromatic carbocycles. The Kier molecular flexibility index (Phi) is 8.02. The van der Waals surface area contributed by atoms with Gasteiger partial charge in [0.05, 0.1) is 6.61 Å². The van der Waals surface area contributed by atoms with Crippen molar-refractivity contribution in [2.45, 2.75) is 27.3 Å². The molecule has 162 valence electrons. The summed E-state index contributed by atoms with van der Waals surface area (Å²) in [5.74, 6) is -0.434. The van der Waals surface area contributed by atoms with Crippen LogP contribution in [0.25, 0.3) is 5.57 Å². The molecule has 0 bridgehead atoms. The Morgan fingerprint density at radius 2 is 2.00 bits per heavy atom. The number of aromatic amines is 1. The average molecular weight is 435 g/mol. The number of nitrogens with one attached hydrogen (secondary N) is 1. The molecule has 0 aliphatic rings. The Balaban J connectivity index is 2.56. The van der Waals surface area contributed by atoms with Crippen LogP contribution in [0.4, 0.5) is 11.5 Å². The molecule has 30 heavy (non-hydrogen) atoms. The highest BCUT2D eigenvalue weighted by Crippen LogP contribution is 2.24. The molecule has 1 heterocycles. The highest BCUT2D eigenvalue weighted by molar-refractivity contribution is 6.32. The van der Waals surface area contributed by atoms with Crippen molar-refractivity contribution in [2.24, 2.45) is 5.92 Å². The predicted molar refractivity (Wildman–Crippen MR) is 120 cm³/mol. The first-order valence-corrected chi connectivity index (χ1v) is 9.91. The van der Waals surface area contributed by atoms with Crippen molar-refractivity contribution in [2.75, 3.05) is 30.9 Å². The summed E-state index contributed by atoms with van der Waals surface area (Å²) in [4.78, 5) is 41.4. The fraction of sp³-hybridized carbons (Fsp3) is 0.381. The van der Waals surface area contributed by atoms with Crippen LogP contribution in [0.3, 0.4) is 0 Å². The van der Waals surface area contributed by atoms with E-state index in [1.54, 1.807) is 25.1 Å². The topological polar surface area (TPSA) is 110 Å². The average Bonchev–Trinajstić information content (AvgIpc) is 2.67. The number of methoxy groups -OCH3 is 1. The minimum atomic E-state index is -0.731. The molecular formula is C21H27ClN4O4. The van der Waals surface area contributed by atoms with Crippen LogP contribution in [-0.4, -0.2) is 35.7 Å². The van der Waals surface area contributed by atoms with Crippen LogP contribution in [0.5, 0.6) is 0 Å². The van der Waals surface area contributed by atoms with Crippen molar-refractivity contribution in [1.82, 2.24) is 9.55 Å². The van der Waals surface area contributed by atoms with E-state index in [0.717, 1.165) is 0 Å². The van der Waals surface area contributed by atoms with Gasteiger partial charge < -0.3 is 10.5 Å². The number of nitrogen functional groups attached to an aromatic ring is 1. The number of benzene rings is 1. The Bertz CT molecular complexity index is 1060. The maximum Gasteiger partial charge on any atom is 0.330 e. The molecule has 1 aromatic heterocycles. The zero-order chi connectivity index (χ0) is 22.4. The number of allylic oxidation sites excluding steroid dienone is 1. The second-order valence-electron chi connectivity index (χ2n) is 7.29. The van der Waals surface area contributed by atoms with E-state index >= 15 is 0 Å². The van der Waals surface area contributed by atoms with E-state index in [4.69, 9.17) is 22.1 Å². The lowest BCUT2D eigenvalue weighted by molar-refractivity contribution is -0.114. The summed E-state index contributed by atoms with van der Waals surface area (Å²) in [6, 6.07) is 7.14. The van der Waals surface area contributed by atoms with Gasteiger partial charge in [0, 0.05) is 31.3 Å². The van der Waals surface area contributed by atoms with Gasteiger partial charge in [0.25, 0.3) is 11.5 Å². The van der Waals surface area contributed by atoms with Gasteiger partial charge in [-0.1, -0.05) is 43.6 Å². The highest BCUT2D eigenvalue weighted by atomic mass is 35.5. The summed E-state index contributed by atoms with van der Waals surface area (Å²) in [5.41, 5.74) is 6.07. The third-order valence-corrected chi connectivity index (χ3v) is 4.79. The molecule has 1 amide bonds. The number of H-pyrrole nitrogens is 1. The van der Waals surface area contributed by atoms with Gasteiger partial charge in [-0.15, -0.1) is 0 Å². The van der Waals surface area contributed by atoms with Gasteiger partial charge in [-0.05, 0) is 30.0 Å². The standard InChI is InChI=1S/C21H27ClN4O4/c1-13(2)12-26-19(23)18(20(28)24-21(26)29)25(9-10-30-4)17(27)11-14(3)15-7-5-6-8-16(15)22/h5-8,11,13H,9-10,12,23H2,1-4H3,(H,24,28,29)/b14-11-. The molecule has 0 saturated carbocycles. The van der Waals surface area contributed by atoms with Crippen molar-refractivity contribution in [1.29, 1.82) is 0 Å². The second-order valence-corrected chi connectivity index (χ2v) is 7.69. The summed E-state index contributed by atoms with van der Waals surface area (Å²) in [7, 11) is 1.49. The number of carbonyl (C=O) groups is 1. The number of amides is 1. The van der Waals surface area contributed by atoms with Gasteiger partial charge in [0.1, 0.15) is 5.82 Å². The van der Waals surface area contributed by atoms with Crippen LogP contribution in [0.1, 0.15) is 26.3 Å². The Morgan fingerprint density at radius 3 is 2.60 bits per heavy atom. The predicted octanol–water partition coefficient (Wildman–Crippen LogP) is 2.51. The van der Waals surface area contributed by atoms with Gasteiger partial charge in [0.15, 0.2) is 5.69 Å². The zero-order valence-electron chi connectivity index (χ0n) is 17.6. The summed E-state index contributed by atoms with van der Waals surface area (Å²) in [6.07, 6.45) is 1.38. The third kappa shape index (κ3) is 5.40. The first-order chi connectivity index (χ1) is 14.2. The van der Waals surface area contributed by atoms with E-state index < -0.39 is 17.2 Å². The fourth-order valence-electron chi connectivity index (χ4n) is 3.02. The molecule has 0 atom stereocenters. The van der Waals surface area contributed by atoms with Gasteiger partial charge in [-0.25, -0.2) is 4.79 Å². The molecule has 0 fully saturated rings. The normalized spacial score (nSPS) is 11.7. The number of halogens is 1. The fourth-order valence-corrected chi connectivity index (χ4v) is 3.31. The van der Waals surface area contributed by atoms with E-state index in [0.29, 0.717) is 22.7 Å². The summed E-state index contributed by atoms with van der Waals surface area (Å²) in [6.45, 7) is 6.14. The molecule has 3 N–H and O–H groups in total. The summed E-state index contributed by atoms with van der Waals surface area (Å²) in [5, 5.41) is 0.505. The first kappa shape index (κ1) is 23.4. The quantitative estimate of drug-likeness (QED) is 0.620. The molecule has 8 nitrogen and oxygen atoms in total. The Labute approximate surface area is 179 Å². The van der Waals surface area contributed by atoms with Gasteiger partial charge in [-0.2, -0.15) is 0 Å². The summed E-state index contributed by atoms with van der Waals surface area (Å²) < 4.78 is 6.36. The lowest BCUT2D eigenvalue weighted by Crippen LogP contribution is -2.42. The lowest BCUT2D eigenvalue weighted by atomic mass is 10.1. The van der Waals surface area contributed by atoms with Crippen LogP contribution in [0.2, 0.25) is 5.02 Å². The van der Waals surface area contributed by atoms with Crippen molar-refractivity contribution >= 4 is 34.6 Å². The number of nitrogens with zero attached hydrogens (tertiary/aromatic N) is 2. The molecule has 2 aromatic rings. The van der Waals surface area contributed by atoms with E-state index in [-0.39, 0.29) is 30.6 Å². The molecule has 0 unspecified atom stereocenters. The van der Waals surface area contributed by atoms with Crippen LogP contribution in [-0.2, 0) is 16.1 Å². The number of aromatic nitrogens is 2. The number of rotatable bonds is 8. The molecule has 0 saturated heterocycles. The third-order valence-electron chi connectivity index (χ3n) is 4.46. The van der Waals surface area contributed by atoms with E-state index in [1.807, 2.05) is 19.9 Å².